The molecule has 0 aliphatic heterocycles. The molecular formula is C8H12F6O2. The Kier molecular flexibility index (Phi) is 3.94. The van der Waals surface area contributed by atoms with E-state index in [2.05, 4.69) is 4.74 Å². The van der Waals surface area contributed by atoms with Crippen molar-refractivity contribution < 1.29 is 36.2 Å². The molecule has 0 aromatic rings. The SMILES string of the molecule is CC(C)(C)COC(O)(C(F)(F)F)C(F)(F)F. The largest absolute Gasteiger partial charge is 0.453 e. The molecule has 2 nitrogen and oxygen atoms in total. The Labute approximate surface area is 88.2 Å². The predicted molar refractivity (Wildman–Crippen MR) is 42.5 cm³/mol. The van der Waals surface area contributed by atoms with Crippen LogP contribution < -0.4 is 0 Å². The van der Waals surface area contributed by atoms with Gasteiger partial charge in [0.2, 0.25) is 0 Å². The lowest BCUT2D eigenvalue weighted by Gasteiger charge is -2.34. The molecule has 0 bridgehead atoms. The first-order chi connectivity index (χ1) is 6.71. The molecule has 0 saturated carbocycles. The Morgan fingerprint density at radius 2 is 1.19 bits per heavy atom. The van der Waals surface area contributed by atoms with E-state index in [9.17, 15) is 26.3 Å². The topological polar surface area (TPSA) is 29.5 Å². The van der Waals surface area contributed by atoms with Gasteiger partial charge in [-0.25, -0.2) is 0 Å². The van der Waals surface area contributed by atoms with Gasteiger partial charge in [-0.05, 0) is 5.41 Å². The van der Waals surface area contributed by atoms with Gasteiger partial charge in [-0.3, -0.25) is 0 Å². The van der Waals surface area contributed by atoms with E-state index < -0.39 is 30.2 Å². The lowest BCUT2D eigenvalue weighted by Crippen LogP contribution is -2.59. The molecule has 0 unspecified atom stereocenters. The molecule has 0 spiro atoms. The fourth-order valence-corrected chi connectivity index (χ4v) is 0.645. The maximum absolute atomic E-state index is 12.1. The van der Waals surface area contributed by atoms with Gasteiger partial charge in [0.25, 0.3) is 0 Å². The summed E-state index contributed by atoms with van der Waals surface area (Å²) < 4.78 is 76.1. The van der Waals surface area contributed by atoms with E-state index >= 15 is 0 Å². The van der Waals surface area contributed by atoms with Gasteiger partial charge in [-0.1, -0.05) is 20.8 Å². The first-order valence-corrected chi connectivity index (χ1v) is 4.20. The van der Waals surface area contributed by atoms with Gasteiger partial charge in [-0.2, -0.15) is 26.3 Å². The zero-order valence-electron chi connectivity index (χ0n) is 8.83. The summed E-state index contributed by atoms with van der Waals surface area (Å²) in [5.74, 6) is -5.12. The summed E-state index contributed by atoms with van der Waals surface area (Å²) in [6.45, 7) is 3.24. The number of halogens is 6. The van der Waals surface area contributed by atoms with E-state index in [0.717, 1.165) is 0 Å². The van der Waals surface area contributed by atoms with E-state index in [-0.39, 0.29) is 0 Å². The third kappa shape index (κ3) is 3.51. The Morgan fingerprint density at radius 1 is 0.875 bits per heavy atom. The molecule has 0 radical (unpaired) electrons. The van der Waals surface area contributed by atoms with Gasteiger partial charge in [0.05, 0.1) is 6.61 Å². The van der Waals surface area contributed by atoms with Crippen LogP contribution in [0, 0.1) is 5.41 Å². The molecule has 0 rings (SSSR count). The number of hydrogen-bond donors (Lipinski definition) is 1. The van der Waals surface area contributed by atoms with Crippen LogP contribution in [0.1, 0.15) is 20.8 Å². The maximum atomic E-state index is 12.1. The first kappa shape index (κ1) is 15.5. The fourth-order valence-electron chi connectivity index (χ4n) is 0.645. The van der Waals surface area contributed by atoms with Crippen LogP contribution in [0.25, 0.3) is 0 Å². The molecular weight excluding hydrogens is 242 g/mol. The normalized spacial score (nSPS) is 15.4. The molecule has 0 aromatic heterocycles. The third-order valence-electron chi connectivity index (χ3n) is 1.48. The third-order valence-corrected chi connectivity index (χ3v) is 1.48. The van der Waals surface area contributed by atoms with Gasteiger partial charge in [0.15, 0.2) is 0 Å². The van der Waals surface area contributed by atoms with E-state index in [1.807, 2.05) is 0 Å². The molecule has 16 heavy (non-hydrogen) atoms. The summed E-state index contributed by atoms with van der Waals surface area (Å²) in [4.78, 5) is 0. The molecule has 0 aromatic carbocycles. The van der Waals surface area contributed by atoms with Crippen LogP contribution in [0.3, 0.4) is 0 Å². The van der Waals surface area contributed by atoms with Gasteiger partial charge in [0, 0.05) is 0 Å². The van der Waals surface area contributed by atoms with Gasteiger partial charge in [-0.15, -0.1) is 0 Å². The number of rotatable bonds is 2. The fraction of sp³-hybridized carbons (Fsp3) is 1.00. The van der Waals surface area contributed by atoms with Crippen LogP contribution in [0.2, 0.25) is 0 Å². The summed E-state index contributed by atoms with van der Waals surface area (Å²) in [6, 6.07) is 0. The van der Waals surface area contributed by atoms with Crippen molar-refractivity contribution in [3.8, 4) is 0 Å². The molecule has 8 heteroatoms. The second-order valence-corrected chi connectivity index (χ2v) is 4.49. The minimum atomic E-state index is -5.93. The Morgan fingerprint density at radius 3 is 1.38 bits per heavy atom. The Bertz CT molecular complexity index is 222. The summed E-state index contributed by atoms with van der Waals surface area (Å²) >= 11 is 0. The van der Waals surface area contributed by atoms with E-state index in [1.165, 1.54) is 20.8 Å². The number of hydrogen-bond acceptors (Lipinski definition) is 2. The van der Waals surface area contributed by atoms with Crippen molar-refractivity contribution in [3.05, 3.63) is 0 Å². The Balaban J connectivity index is 5.00. The van der Waals surface area contributed by atoms with Crippen LogP contribution in [-0.2, 0) is 4.74 Å². The highest BCUT2D eigenvalue weighted by molar-refractivity contribution is 4.85. The molecule has 0 heterocycles. The lowest BCUT2D eigenvalue weighted by molar-refractivity contribution is -0.460. The highest BCUT2D eigenvalue weighted by atomic mass is 19.4. The van der Waals surface area contributed by atoms with Crippen molar-refractivity contribution in [1.29, 1.82) is 0 Å². The minimum absolute atomic E-state index is 0.886. The van der Waals surface area contributed by atoms with Crippen molar-refractivity contribution in [1.82, 2.24) is 0 Å². The Hall–Kier alpha value is -0.500. The zero-order chi connectivity index (χ0) is 13.4. The van der Waals surface area contributed by atoms with Crippen LogP contribution in [0.5, 0.6) is 0 Å². The quantitative estimate of drug-likeness (QED) is 0.606. The average Bonchev–Trinajstić information content (AvgIpc) is 1.93. The van der Waals surface area contributed by atoms with Crippen molar-refractivity contribution in [3.63, 3.8) is 0 Å². The summed E-state index contributed by atoms with van der Waals surface area (Å²) in [5.41, 5.74) is -0.940. The van der Waals surface area contributed by atoms with E-state index in [4.69, 9.17) is 5.11 Å². The summed E-state index contributed by atoms with van der Waals surface area (Å²) in [6.07, 6.45) is -11.9. The van der Waals surface area contributed by atoms with Crippen LogP contribution in [0.4, 0.5) is 26.3 Å². The van der Waals surface area contributed by atoms with Crippen LogP contribution in [-0.4, -0.2) is 29.9 Å². The van der Waals surface area contributed by atoms with E-state index in [1.54, 1.807) is 0 Å². The molecule has 98 valence electrons. The summed E-state index contributed by atoms with van der Waals surface area (Å²) in [5, 5.41) is 8.58. The van der Waals surface area contributed by atoms with Gasteiger partial charge < -0.3 is 9.84 Å². The molecule has 1 N–H and O–H groups in total. The lowest BCUT2D eigenvalue weighted by atomic mass is 9.98. The number of alkyl halides is 6. The minimum Gasteiger partial charge on any atom is -0.351 e. The standard InChI is InChI=1S/C8H12F6O2/c1-5(2,3)4-16-6(15,7(9,10)11)8(12,13)14/h15H,4H2,1-3H3. The molecule has 0 saturated heterocycles. The predicted octanol–water partition coefficient (Wildman–Crippen LogP) is 2.86. The molecule has 0 aliphatic rings. The van der Waals surface area contributed by atoms with Crippen molar-refractivity contribution >= 4 is 0 Å². The smallest absolute Gasteiger partial charge is 0.351 e. The average molecular weight is 254 g/mol. The first-order valence-electron chi connectivity index (χ1n) is 4.20. The second kappa shape index (κ2) is 4.06. The molecule has 0 aliphatic carbocycles. The monoisotopic (exact) mass is 254 g/mol. The van der Waals surface area contributed by atoms with Crippen LogP contribution >= 0.6 is 0 Å². The molecule has 0 amide bonds. The second-order valence-electron chi connectivity index (χ2n) is 4.49. The highest BCUT2D eigenvalue weighted by Gasteiger charge is 2.72. The number of ether oxygens (including phenoxy) is 1. The molecule has 0 atom stereocenters. The van der Waals surface area contributed by atoms with Crippen molar-refractivity contribution in [2.75, 3.05) is 6.61 Å². The van der Waals surface area contributed by atoms with Crippen LogP contribution in [0.15, 0.2) is 0 Å². The maximum Gasteiger partial charge on any atom is 0.453 e. The number of aliphatic hydroxyl groups is 1. The van der Waals surface area contributed by atoms with Gasteiger partial charge >= 0.3 is 18.1 Å². The zero-order valence-corrected chi connectivity index (χ0v) is 8.83. The van der Waals surface area contributed by atoms with Gasteiger partial charge in [0.1, 0.15) is 0 Å². The highest BCUT2D eigenvalue weighted by Crippen LogP contribution is 2.44. The summed E-state index contributed by atoms with van der Waals surface area (Å²) in [7, 11) is 0. The van der Waals surface area contributed by atoms with E-state index in [0.29, 0.717) is 0 Å². The van der Waals surface area contributed by atoms with Crippen molar-refractivity contribution in [2.24, 2.45) is 5.41 Å². The molecule has 0 fully saturated rings. The van der Waals surface area contributed by atoms with Crippen molar-refractivity contribution in [2.45, 2.75) is 38.9 Å².